The zero-order valence-electron chi connectivity index (χ0n) is 13.5. The monoisotopic (exact) mass is 349 g/mol. The Kier molecular flexibility index (Phi) is 4.92. The molecular formula is C18H18F3N3O. The summed E-state index contributed by atoms with van der Waals surface area (Å²) < 4.78 is 39.2. The Morgan fingerprint density at radius 1 is 1.08 bits per heavy atom. The Balaban J connectivity index is 1.94. The highest BCUT2D eigenvalue weighted by molar-refractivity contribution is 6.04. The minimum absolute atomic E-state index is 0.157. The number of benzene rings is 1. The molecule has 1 saturated heterocycles. The van der Waals surface area contributed by atoms with Crippen LogP contribution in [0.5, 0.6) is 0 Å². The molecule has 1 aromatic heterocycles. The third-order valence-electron chi connectivity index (χ3n) is 4.17. The number of alkyl halides is 3. The molecule has 4 nitrogen and oxygen atoms in total. The molecule has 0 saturated carbocycles. The van der Waals surface area contributed by atoms with Gasteiger partial charge in [0.2, 0.25) is 0 Å². The largest absolute Gasteiger partial charge is 0.416 e. The summed E-state index contributed by atoms with van der Waals surface area (Å²) in [6.07, 6.45) is 0.0631. The number of amides is 1. The third kappa shape index (κ3) is 4.10. The fourth-order valence-corrected chi connectivity index (χ4v) is 2.91. The van der Waals surface area contributed by atoms with E-state index in [0.717, 1.165) is 44.5 Å². The lowest BCUT2D eigenvalue weighted by molar-refractivity contribution is -0.137. The zero-order chi connectivity index (χ0) is 17.9. The van der Waals surface area contributed by atoms with Crippen molar-refractivity contribution in [1.29, 1.82) is 0 Å². The maximum atomic E-state index is 13.1. The van der Waals surface area contributed by atoms with Crippen molar-refractivity contribution in [2.45, 2.75) is 25.4 Å². The highest BCUT2D eigenvalue weighted by Gasteiger charge is 2.32. The number of rotatable bonds is 3. The summed E-state index contributed by atoms with van der Waals surface area (Å²) in [4.78, 5) is 18.3. The van der Waals surface area contributed by atoms with Crippen molar-refractivity contribution in [3.8, 4) is 0 Å². The van der Waals surface area contributed by atoms with Crippen LogP contribution in [0.4, 0.5) is 24.5 Å². The topological polar surface area (TPSA) is 45.2 Å². The molecule has 0 bridgehead atoms. The van der Waals surface area contributed by atoms with E-state index < -0.39 is 17.6 Å². The van der Waals surface area contributed by atoms with Crippen LogP contribution >= 0.6 is 0 Å². The number of piperidine rings is 1. The Morgan fingerprint density at radius 2 is 1.84 bits per heavy atom. The Bertz CT molecular complexity index is 741. The lowest BCUT2D eigenvalue weighted by Gasteiger charge is -2.31. The van der Waals surface area contributed by atoms with Crippen LogP contribution in [0.3, 0.4) is 0 Å². The van der Waals surface area contributed by atoms with Crippen molar-refractivity contribution in [1.82, 2.24) is 4.98 Å². The van der Waals surface area contributed by atoms with Crippen molar-refractivity contribution in [2.75, 3.05) is 23.3 Å². The number of hydrogen-bond acceptors (Lipinski definition) is 3. The number of anilines is 2. The first kappa shape index (κ1) is 17.3. The maximum absolute atomic E-state index is 13.1. The molecule has 2 aromatic rings. The van der Waals surface area contributed by atoms with Gasteiger partial charge in [0.1, 0.15) is 5.69 Å². The number of pyridine rings is 1. The summed E-state index contributed by atoms with van der Waals surface area (Å²) in [5.41, 5.74) is 0.137. The first-order valence-corrected chi connectivity index (χ1v) is 8.14. The van der Waals surface area contributed by atoms with Crippen LogP contribution in [-0.2, 0) is 6.18 Å². The van der Waals surface area contributed by atoms with Gasteiger partial charge < -0.3 is 10.2 Å². The predicted octanol–water partition coefficient (Wildman–Crippen LogP) is 4.34. The molecule has 1 aromatic carbocycles. The van der Waals surface area contributed by atoms with E-state index in [4.69, 9.17) is 0 Å². The molecule has 1 aliphatic heterocycles. The molecule has 0 atom stereocenters. The molecular weight excluding hydrogens is 331 g/mol. The van der Waals surface area contributed by atoms with Crippen molar-refractivity contribution < 1.29 is 18.0 Å². The highest BCUT2D eigenvalue weighted by atomic mass is 19.4. The third-order valence-corrected chi connectivity index (χ3v) is 4.17. The summed E-state index contributed by atoms with van der Waals surface area (Å²) >= 11 is 0. The molecule has 132 valence electrons. The van der Waals surface area contributed by atoms with Crippen molar-refractivity contribution in [2.24, 2.45) is 0 Å². The number of nitrogens with zero attached hydrogens (tertiary/aromatic N) is 2. The second kappa shape index (κ2) is 7.13. The Labute approximate surface area is 143 Å². The van der Waals surface area contributed by atoms with Crippen LogP contribution in [0.2, 0.25) is 0 Å². The van der Waals surface area contributed by atoms with Gasteiger partial charge in [0.25, 0.3) is 5.91 Å². The van der Waals surface area contributed by atoms with Gasteiger partial charge in [-0.1, -0.05) is 6.07 Å². The Morgan fingerprint density at radius 3 is 2.48 bits per heavy atom. The van der Waals surface area contributed by atoms with Gasteiger partial charge in [0, 0.05) is 19.3 Å². The number of hydrogen-bond donors (Lipinski definition) is 1. The molecule has 7 heteroatoms. The number of aromatic nitrogens is 1. The second-order valence-electron chi connectivity index (χ2n) is 5.95. The van der Waals surface area contributed by atoms with E-state index in [0.29, 0.717) is 5.69 Å². The van der Waals surface area contributed by atoms with E-state index in [1.165, 1.54) is 18.3 Å². The summed E-state index contributed by atoms with van der Waals surface area (Å²) in [6, 6.07) is 8.32. The molecule has 1 amide bonds. The van der Waals surface area contributed by atoms with Gasteiger partial charge in [0.05, 0.1) is 16.9 Å². The maximum Gasteiger partial charge on any atom is 0.416 e. The van der Waals surface area contributed by atoms with Gasteiger partial charge >= 0.3 is 6.18 Å². The second-order valence-corrected chi connectivity index (χ2v) is 5.95. The van der Waals surface area contributed by atoms with Crippen molar-refractivity contribution in [3.63, 3.8) is 0 Å². The van der Waals surface area contributed by atoms with E-state index in [9.17, 15) is 18.0 Å². The van der Waals surface area contributed by atoms with Gasteiger partial charge in [-0.05, 0) is 49.6 Å². The molecule has 0 aliphatic carbocycles. The lowest BCUT2D eigenvalue weighted by Crippen LogP contribution is -2.30. The average molecular weight is 349 g/mol. The van der Waals surface area contributed by atoms with Gasteiger partial charge in [0.15, 0.2) is 0 Å². The molecule has 0 radical (unpaired) electrons. The minimum Gasteiger partial charge on any atom is -0.370 e. The summed E-state index contributed by atoms with van der Waals surface area (Å²) in [5, 5.41) is 2.59. The van der Waals surface area contributed by atoms with Crippen LogP contribution in [0.25, 0.3) is 0 Å². The number of carbonyl (C=O) groups is 1. The van der Waals surface area contributed by atoms with Crippen LogP contribution in [-0.4, -0.2) is 24.0 Å². The first-order chi connectivity index (χ1) is 11.9. The number of halogens is 3. The van der Waals surface area contributed by atoms with E-state index in [1.54, 1.807) is 12.1 Å². The van der Waals surface area contributed by atoms with Gasteiger partial charge in [-0.25, -0.2) is 0 Å². The highest BCUT2D eigenvalue weighted by Crippen LogP contribution is 2.36. The van der Waals surface area contributed by atoms with Gasteiger partial charge in [-0.2, -0.15) is 13.2 Å². The molecule has 1 aliphatic rings. The molecule has 1 N–H and O–H groups in total. The van der Waals surface area contributed by atoms with Crippen LogP contribution < -0.4 is 10.2 Å². The van der Waals surface area contributed by atoms with E-state index in [2.05, 4.69) is 10.3 Å². The molecule has 1 fully saturated rings. The molecule has 3 rings (SSSR count). The lowest BCUT2D eigenvalue weighted by atomic mass is 10.1. The smallest absolute Gasteiger partial charge is 0.370 e. The zero-order valence-corrected chi connectivity index (χ0v) is 13.5. The number of carbonyl (C=O) groups excluding carboxylic acids is 1. The van der Waals surface area contributed by atoms with Crippen molar-refractivity contribution >= 4 is 17.3 Å². The summed E-state index contributed by atoms with van der Waals surface area (Å²) in [6.45, 7) is 1.52. The summed E-state index contributed by atoms with van der Waals surface area (Å²) in [5.74, 6) is -0.529. The average Bonchev–Trinajstić information content (AvgIpc) is 2.62. The standard InChI is InChI=1S/C18H18F3N3O/c19-18(20,21)13-7-8-16(24-10-4-1-5-11-24)15(12-13)23-17(25)14-6-2-3-9-22-14/h2-3,6-9,12H,1,4-5,10-11H2,(H,23,25). The summed E-state index contributed by atoms with van der Waals surface area (Å²) in [7, 11) is 0. The predicted molar refractivity (Wildman–Crippen MR) is 89.7 cm³/mol. The first-order valence-electron chi connectivity index (χ1n) is 8.14. The van der Waals surface area contributed by atoms with E-state index >= 15 is 0 Å². The molecule has 0 spiro atoms. The fraction of sp³-hybridized carbons (Fsp3) is 0.333. The van der Waals surface area contributed by atoms with Crippen molar-refractivity contribution in [3.05, 3.63) is 53.9 Å². The van der Waals surface area contributed by atoms with Gasteiger partial charge in [-0.15, -0.1) is 0 Å². The molecule has 25 heavy (non-hydrogen) atoms. The van der Waals surface area contributed by atoms with E-state index in [-0.39, 0.29) is 11.4 Å². The Hall–Kier alpha value is -2.57. The van der Waals surface area contributed by atoms with Crippen LogP contribution in [0.15, 0.2) is 42.6 Å². The van der Waals surface area contributed by atoms with Crippen LogP contribution in [0, 0.1) is 0 Å². The number of nitrogens with one attached hydrogen (secondary N) is 1. The quantitative estimate of drug-likeness (QED) is 0.896. The molecule has 2 heterocycles. The minimum atomic E-state index is -4.47. The SMILES string of the molecule is O=C(Nc1cc(C(F)(F)F)ccc1N1CCCCC1)c1ccccn1. The van der Waals surface area contributed by atoms with Gasteiger partial charge in [-0.3, -0.25) is 9.78 Å². The molecule has 0 unspecified atom stereocenters. The van der Waals surface area contributed by atoms with E-state index in [1.807, 2.05) is 4.90 Å². The normalized spacial score (nSPS) is 15.1. The van der Waals surface area contributed by atoms with Crippen LogP contribution in [0.1, 0.15) is 35.3 Å². The fourth-order valence-electron chi connectivity index (χ4n) is 2.91.